The fraction of sp³-hybridized carbons (Fsp3) is 0.357. The first-order chi connectivity index (χ1) is 8.83. The second-order valence-electron chi connectivity index (χ2n) is 4.57. The highest BCUT2D eigenvalue weighted by molar-refractivity contribution is 5.39. The molecule has 1 unspecified atom stereocenters. The Morgan fingerprint density at radius 2 is 2.39 bits per heavy atom. The van der Waals surface area contributed by atoms with Gasteiger partial charge in [0.2, 0.25) is 0 Å². The van der Waals surface area contributed by atoms with Crippen LogP contribution in [0, 0.1) is 0 Å². The highest BCUT2D eigenvalue weighted by Gasteiger charge is 2.13. The lowest BCUT2D eigenvalue weighted by atomic mass is 10.0. The van der Waals surface area contributed by atoms with Crippen LogP contribution in [-0.2, 0) is 12.8 Å². The van der Waals surface area contributed by atoms with E-state index >= 15 is 0 Å². The van der Waals surface area contributed by atoms with Gasteiger partial charge in [0.25, 0.3) is 0 Å². The molecule has 0 bridgehead atoms. The zero-order valence-corrected chi connectivity index (χ0v) is 10.1. The first-order valence-corrected chi connectivity index (χ1v) is 6.25. The fourth-order valence-corrected chi connectivity index (χ4v) is 2.30. The Labute approximate surface area is 106 Å². The zero-order chi connectivity index (χ0) is 12.4. The molecule has 1 aromatic carbocycles. The number of hydrogen-bond acceptors (Lipinski definition) is 3. The standard InChI is InChI=1S/C14H16N2O2/c17-12(14-15-6-7-16-14)3-1-10-2-4-13-11(9-10)5-8-18-13/h2,4,6-7,9,12,17H,1,3,5,8H2,(H,15,16). The minimum Gasteiger partial charge on any atom is -0.493 e. The Hall–Kier alpha value is -1.81. The van der Waals surface area contributed by atoms with Crippen molar-refractivity contribution in [2.45, 2.75) is 25.4 Å². The Morgan fingerprint density at radius 3 is 3.22 bits per heavy atom. The van der Waals surface area contributed by atoms with Crippen LogP contribution < -0.4 is 4.74 Å². The molecule has 1 aliphatic rings. The van der Waals surface area contributed by atoms with Gasteiger partial charge in [-0.1, -0.05) is 12.1 Å². The van der Waals surface area contributed by atoms with Crippen molar-refractivity contribution in [3.8, 4) is 5.75 Å². The average Bonchev–Trinajstić information content (AvgIpc) is 3.05. The molecule has 1 aromatic heterocycles. The van der Waals surface area contributed by atoms with Crippen LogP contribution in [0.1, 0.15) is 29.5 Å². The van der Waals surface area contributed by atoms with Crippen molar-refractivity contribution in [3.05, 3.63) is 47.5 Å². The molecule has 4 heteroatoms. The van der Waals surface area contributed by atoms with Crippen LogP contribution in [0.2, 0.25) is 0 Å². The van der Waals surface area contributed by atoms with Gasteiger partial charge in [-0.2, -0.15) is 0 Å². The summed E-state index contributed by atoms with van der Waals surface area (Å²) in [7, 11) is 0. The number of imidazole rings is 1. The normalized spacial score (nSPS) is 15.2. The van der Waals surface area contributed by atoms with Gasteiger partial charge in [-0.15, -0.1) is 0 Å². The SMILES string of the molecule is OC(CCc1ccc2c(c1)CCO2)c1ncc[nH]1. The Kier molecular flexibility index (Phi) is 3.02. The Morgan fingerprint density at radius 1 is 1.44 bits per heavy atom. The first kappa shape index (κ1) is 11.3. The predicted octanol–water partition coefficient (Wildman–Crippen LogP) is 2.01. The molecule has 0 amide bonds. The number of nitrogens with zero attached hydrogens (tertiary/aromatic N) is 1. The maximum atomic E-state index is 9.95. The third kappa shape index (κ3) is 2.24. The second kappa shape index (κ2) is 4.82. The lowest BCUT2D eigenvalue weighted by Crippen LogP contribution is -2.01. The van der Waals surface area contributed by atoms with Gasteiger partial charge in [-0.3, -0.25) is 0 Å². The van der Waals surface area contributed by atoms with E-state index in [0.717, 1.165) is 25.2 Å². The van der Waals surface area contributed by atoms with Gasteiger partial charge < -0.3 is 14.8 Å². The number of rotatable bonds is 4. The maximum Gasteiger partial charge on any atom is 0.135 e. The van der Waals surface area contributed by atoms with Gasteiger partial charge >= 0.3 is 0 Å². The van der Waals surface area contributed by atoms with Crippen LogP contribution in [0.4, 0.5) is 0 Å². The van der Waals surface area contributed by atoms with Gasteiger partial charge in [0, 0.05) is 18.8 Å². The van der Waals surface area contributed by atoms with Gasteiger partial charge in [-0.05, 0) is 30.0 Å². The van der Waals surface area contributed by atoms with E-state index in [1.807, 2.05) is 6.07 Å². The summed E-state index contributed by atoms with van der Waals surface area (Å²) in [6, 6.07) is 6.27. The summed E-state index contributed by atoms with van der Waals surface area (Å²) in [5.41, 5.74) is 2.52. The lowest BCUT2D eigenvalue weighted by molar-refractivity contribution is 0.159. The molecule has 0 saturated carbocycles. The van der Waals surface area contributed by atoms with Crippen LogP contribution in [0.3, 0.4) is 0 Å². The third-order valence-electron chi connectivity index (χ3n) is 3.30. The quantitative estimate of drug-likeness (QED) is 0.865. The number of aromatic amines is 1. The van der Waals surface area contributed by atoms with Crippen molar-refractivity contribution in [3.63, 3.8) is 0 Å². The number of hydrogen-bond donors (Lipinski definition) is 2. The summed E-state index contributed by atoms with van der Waals surface area (Å²) < 4.78 is 5.47. The number of aliphatic hydroxyl groups excluding tert-OH is 1. The first-order valence-electron chi connectivity index (χ1n) is 6.25. The molecule has 18 heavy (non-hydrogen) atoms. The molecule has 2 heterocycles. The molecule has 0 spiro atoms. The highest BCUT2D eigenvalue weighted by atomic mass is 16.5. The van der Waals surface area contributed by atoms with E-state index in [-0.39, 0.29) is 0 Å². The molecule has 3 rings (SSSR count). The molecular weight excluding hydrogens is 228 g/mol. The van der Waals surface area contributed by atoms with Crippen molar-refractivity contribution >= 4 is 0 Å². The van der Waals surface area contributed by atoms with E-state index in [4.69, 9.17) is 4.74 Å². The number of ether oxygens (including phenoxy) is 1. The number of aromatic nitrogens is 2. The summed E-state index contributed by atoms with van der Waals surface area (Å²) in [5, 5.41) is 9.95. The monoisotopic (exact) mass is 244 g/mol. The number of aryl methyl sites for hydroxylation is 1. The molecule has 0 saturated heterocycles. The third-order valence-corrected chi connectivity index (χ3v) is 3.30. The fourth-order valence-electron chi connectivity index (χ4n) is 2.30. The summed E-state index contributed by atoms with van der Waals surface area (Å²) >= 11 is 0. The topological polar surface area (TPSA) is 58.1 Å². The van der Waals surface area contributed by atoms with Gasteiger partial charge in [-0.25, -0.2) is 4.98 Å². The van der Waals surface area contributed by atoms with Crippen LogP contribution in [0.25, 0.3) is 0 Å². The molecule has 0 radical (unpaired) electrons. The molecule has 1 aliphatic heterocycles. The smallest absolute Gasteiger partial charge is 0.135 e. The van der Waals surface area contributed by atoms with Crippen molar-refractivity contribution < 1.29 is 9.84 Å². The minimum atomic E-state index is -0.524. The van der Waals surface area contributed by atoms with Crippen molar-refractivity contribution in [1.29, 1.82) is 0 Å². The Balaban J connectivity index is 1.63. The van der Waals surface area contributed by atoms with E-state index in [9.17, 15) is 5.11 Å². The number of benzene rings is 1. The average molecular weight is 244 g/mol. The van der Waals surface area contributed by atoms with Crippen molar-refractivity contribution in [1.82, 2.24) is 9.97 Å². The maximum absolute atomic E-state index is 9.95. The molecule has 1 atom stereocenters. The van der Waals surface area contributed by atoms with E-state index < -0.39 is 6.10 Å². The molecule has 4 nitrogen and oxygen atoms in total. The van der Waals surface area contributed by atoms with E-state index in [0.29, 0.717) is 12.2 Å². The van der Waals surface area contributed by atoms with Crippen LogP contribution >= 0.6 is 0 Å². The summed E-state index contributed by atoms with van der Waals surface area (Å²) in [4.78, 5) is 6.99. The molecule has 0 aliphatic carbocycles. The van der Waals surface area contributed by atoms with E-state index in [2.05, 4.69) is 22.1 Å². The zero-order valence-electron chi connectivity index (χ0n) is 10.1. The summed E-state index contributed by atoms with van der Waals surface area (Å²) in [6.07, 6.45) is 5.37. The van der Waals surface area contributed by atoms with Gasteiger partial charge in [0.05, 0.1) is 6.61 Å². The number of nitrogens with one attached hydrogen (secondary N) is 1. The molecule has 0 fully saturated rings. The number of fused-ring (bicyclic) bond motifs is 1. The number of aliphatic hydroxyl groups is 1. The van der Waals surface area contributed by atoms with Crippen molar-refractivity contribution in [2.75, 3.05) is 6.61 Å². The van der Waals surface area contributed by atoms with E-state index in [1.54, 1.807) is 12.4 Å². The van der Waals surface area contributed by atoms with Crippen LogP contribution in [0.15, 0.2) is 30.6 Å². The predicted molar refractivity (Wildman–Crippen MR) is 67.5 cm³/mol. The molecule has 2 N–H and O–H groups in total. The van der Waals surface area contributed by atoms with Crippen LogP contribution in [0.5, 0.6) is 5.75 Å². The molecule has 2 aromatic rings. The van der Waals surface area contributed by atoms with Gasteiger partial charge in [0.15, 0.2) is 0 Å². The highest BCUT2D eigenvalue weighted by Crippen LogP contribution is 2.27. The van der Waals surface area contributed by atoms with Gasteiger partial charge in [0.1, 0.15) is 17.7 Å². The molecule has 94 valence electrons. The summed E-state index contributed by atoms with van der Waals surface area (Å²) in [5.74, 6) is 1.64. The molecular formula is C14H16N2O2. The number of H-pyrrole nitrogens is 1. The van der Waals surface area contributed by atoms with Crippen LogP contribution in [-0.4, -0.2) is 21.7 Å². The second-order valence-corrected chi connectivity index (χ2v) is 4.57. The summed E-state index contributed by atoms with van der Waals surface area (Å²) in [6.45, 7) is 0.786. The Bertz CT molecular complexity index is 523. The largest absolute Gasteiger partial charge is 0.493 e. The van der Waals surface area contributed by atoms with E-state index in [1.165, 1.54) is 11.1 Å². The minimum absolute atomic E-state index is 0.524. The lowest BCUT2D eigenvalue weighted by Gasteiger charge is -2.08. The van der Waals surface area contributed by atoms with Crippen molar-refractivity contribution in [2.24, 2.45) is 0 Å².